The summed E-state index contributed by atoms with van der Waals surface area (Å²) in [5.74, 6) is 0.593. The molecule has 100 valence electrons. The van der Waals surface area contributed by atoms with E-state index in [-0.39, 0.29) is 17.3 Å². The molecule has 0 spiro atoms. The number of ether oxygens (including phenoxy) is 1. The maximum atomic E-state index is 12.3. The van der Waals surface area contributed by atoms with Crippen LogP contribution in [0.3, 0.4) is 0 Å². The number of rotatable bonds is 6. The van der Waals surface area contributed by atoms with Gasteiger partial charge in [0.15, 0.2) is 9.84 Å². The van der Waals surface area contributed by atoms with Gasteiger partial charge < -0.3 is 4.74 Å². The first-order valence-corrected chi connectivity index (χ1v) is 7.42. The van der Waals surface area contributed by atoms with E-state index >= 15 is 0 Å². The van der Waals surface area contributed by atoms with Gasteiger partial charge in [-0.05, 0) is 36.3 Å². The van der Waals surface area contributed by atoms with Gasteiger partial charge in [-0.15, -0.1) is 0 Å². The van der Waals surface area contributed by atoms with Crippen LogP contribution < -0.4 is 4.74 Å². The van der Waals surface area contributed by atoms with Gasteiger partial charge in [-0.3, -0.25) is 0 Å². The Morgan fingerprint density at radius 1 is 1.28 bits per heavy atom. The van der Waals surface area contributed by atoms with E-state index in [1.165, 1.54) is 12.1 Å². The Labute approximate surface area is 107 Å². The molecule has 0 heterocycles. The second-order valence-electron chi connectivity index (χ2n) is 3.78. The molecule has 5 heteroatoms. The molecule has 1 rings (SSSR count). The van der Waals surface area contributed by atoms with Crippen molar-refractivity contribution < 1.29 is 17.5 Å². The number of hydrogen-bond donors (Lipinski definition) is 0. The van der Waals surface area contributed by atoms with Gasteiger partial charge in [0.2, 0.25) is 0 Å². The van der Waals surface area contributed by atoms with Gasteiger partial charge in [0.1, 0.15) is 12.4 Å². The molecule has 18 heavy (non-hydrogen) atoms. The first-order chi connectivity index (χ1) is 8.53. The molecule has 0 amide bonds. The molecule has 0 bridgehead atoms. The van der Waals surface area contributed by atoms with E-state index in [2.05, 4.69) is 0 Å². The Hall–Kier alpha value is -1.36. The molecular weight excluding hydrogens is 255 g/mol. The van der Waals surface area contributed by atoms with Gasteiger partial charge in [-0.1, -0.05) is 13.8 Å². The second kappa shape index (κ2) is 6.54. The van der Waals surface area contributed by atoms with E-state index < -0.39 is 9.84 Å². The zero-order valence-corrected chi connectivity index (χ0v) is 11.3. The van der Waals surface area contributed by atoms with E-state index in [1.54, 1.807) is 19.1 Å². The van der Waals surface area contributed by atoms with Crippen molar-refractivity contribution in [2.75, 3.05) is 12.4 Å². The molecule has 0 unspecified atom stereocenters. The first kappa shape index (κ1) is 14.7. The summed E-state index contributed by atoms with van der Waals surface area (Å²) in [4.78, 5) is 0.272. The predicted octanol–water partition coefficient (Wildman–Crippen LogP) is 3.12. The third-order valence-electron chi connectivity index (χ3n) is 2.60. The van der Waals surface area contributed by atoms with E-state index in [0.717, 1.165) is 0 Å². The van der Waals surface area contributed by atoms with Gasteiger partial charge in [0, 0.05) is 0 Å². The predicted molar refractivity (Wildman–Crippen MR) is 69.1 cm³/mol. The number of sulfone groups is 1. The highest BCUT2D eigenvalue weighted by atomic mass is 32.2. The minimum absolute atomic E-state index is 0.0672. The van der Waals surface area contributed by atoms with Gasteiger partial charge in [0.05, 0.1) is 17.0 Å². The van der Waals surface area contributed by atoms with Gasteiger partial charge in [0.25, 0.3) is 0 Å². The molecule has 0 N–H and O–H groups in total. The summed E-state index contributed by atoms with van der Waals surface area (Å²) < 4.78 is 40.8. The third-order valence-corrected chi connectivity index (χ3v) is 4.35. The average Bonchev–Trinajstić information content (AvgIpc) is 2.40. The number of hydrogen-bond acceptors (Lipinski definition) is 3. The van der Waals surface area contributed by atoms with Crippen molar-refractivity contribution >= 4 is 9.84 Å². The van der Waals surface area contributed by atoms with Crippen LogP contribution in [0.2, 0.25) is 0 Å². The van der Waals surface area contributed by atoms with Crippen molar-refractivity contribution in [3.63, 3.8) is 0 Å². The van der Waals surface area contributed by atoms with Crippen LogP contribution in [0, 0.1) is 0 Å². The van der Waals surface area contributed by atoms with Gasteiger partial charge in [-0.2, -0.15) is 0 Å². The molecule has 0 saturated carbocycles. The molecule has 0 aliphatic rings. The highest BCUT2D eigenvalue weighted by molar-refractivity contribution is 7.91. The fraction of sp³-hybridized carbons (Fsp3) is 0.385. The molecule has 0 aliphatic carbocycles. The van der Waals surface area contributed by atoms with Crippen molar-refractivity contribution in [2.45, 2.75) is 25.2 Å². The van der Waals surface area contributed by atoms with Gasteiger partial charge in [-0.25, -0.2) is 12.8 Å². The standard InChI is InChI=1S/C13H17FO3S/c1-3-11(9-14)10-17-12-5-7-13(8-6-12)18(15,16)4-2/h5-9H,3-4,10H2,1-2H3/b11-9-. The Kier molecular flexibility index (Phi) is 5.34. The zero-order chi connectivity index (χ0) is 13.6. The van der Waals surface area contributed by atoms with Crippen LogP contribution in [0.1, 0.15) is 20.3 Å². The van der Waals surface area contributed by atoms with Crippen molar-refractivity contribution in [1.82, 2.24) is 0 Å². The lowest BCUT2D eigenvalue weighted by atomic mass is 10.2. The Balaban J connectivity index is 2.73. The molecule has 0 radical (unpaired) electrons. The fourth-order valence-corrected chi connectivity index (χ4v) is 2.18. The highest BCUT2D eigenvalue weighted by Gasteiger charge is 2.10. The zero-order valence-electron chi connectivity index (χ0n) is 10.5. The maximum Gasteiger partial charge on any atom is 0.178 e. The van der Waals surface area contributed by atoms with Crippen molar-refractivity contribution in [3.05, 3.63) is 36.2 Å². The molecule has 0 fully saturated rings. The van der Waals surface area contributed by atoms with Crippen molar-refractivity contribution in [1.29, 1.82) is 0 Å². The third kappa shape index (κ3) is 3.84. The Morgan fingerprint density at radius 2 is 1.89 bits per heavy atom. The van der Waals surface area contributed by atoms with Crippen LogP contribution in [0.15, 0.2) is 41.1 Å². The molecule has 0 atom stereocenters. The summed E-state index contributed by atoms with van der Waals surface area (Å²) in [5, 5.41) is 0. The topological polar surface area (TPSA) is 43.4 Å². The van der Waals surface area contributed by atoms with Crippen molar-refractivity contribution in [3.8, 4) is 5.75 Å². The summed E-state index contributed by atoms with van der Waals surface area (Å²) in [5.41, 5.74) is 0.556. The lowest BCUT2D eigenvalue weighted by Crippen LogP contribution is -2.04. The minimum atomic E-state index is -3.18. The normalized spacial score (nSPS) is 12.5. The number of halogens is 1. The summed E-state index contributed by atoms with van der Waals surface area (Å²) in [6.45, 7) is 3.61. The van der Waals surface area contributed by atoms with Crippen LogP contribution in [-0.2, 0) is 9.84 Å². The van der Waals surface area contributed by atoms with Crippen LogP contribution in [0.4, 0.5) is 4.39 Å². The lowest BCUT2D eigenvalue weighted by Gasteiger charge is -2.08. The summed E-state index contributed by atoms with van der Waals surface area (Å²) in [7, 11) is -3.18. The SMILES string of the molecule is CC/C(=C/F)COc1ccc(S(=O)(=O)CC)cc1. The lowest BCUT2D eigenvalue weighted by molar-refractivity contribution is 0.345. The Bertz CT molecular complexity index is 504. The summed E-state index contributed by atoms with van der Waals surface area (Å²) >= 11 is 0. The highest BCUT2D eigenvalue weighted by Crippen LogP contribution is 2.17. The first-order valence-electron chi connectivity index (χ1n) is 5.77. The largest absolute Gasteiger partial charge is 0.489 e. The molecule has 1 aromatic rings. The van der Waals surface area contributed by atoms with Crippen LogP contribution >= 0.6 is 0 Å². The van der Waals surface area contributed by atoms with Crippen LogP contribution in [-0.4, -0.2) is 20.8 Å². The van der Waals surface area contributed by atoms with E-state index in [4.69, 9.17) is 4.74 Å². The van der Waals surface area contributed by atoms with E-state index in [0.29, 0.717) is 24.1 Å². The number of benzene rings is 1. The summed E-state index contributed by atoms with van der Waals surface area (Å²) in [6.07, 6.45) is 1.12. The monoisotopic (exact) mass is 272 g/mol. The van der Waals surface area contributed by atoms with Crippen LogP contribution in [0.25, 0.3) is 0 Å². The minimum Gasteiger partial charge on any atom is -0.489 e. The second-order valence-corrected chi connectivity index (χ2v) is 6.06. The Morgan fingerprint density at radius 3 is 2.33 bits per heavy atom. The molecule has 0 saturated heterocycles. The summed E-state index contributed by atoms with van der Waals surface area (Å²) in [6, 6.07) is 6.15. The van der Waals surface area contributed by atoms with Crippen LogP contribution in [0.5, 0.6) is 5.75 Å². The molecule has 0 aromatic heterocycles. The van der Waals surface area contributed by atoms with E-state index in [1.807, 2.05) is 6.92 Å². The van der Waals surface area contributed by atoms with E-state index in [9.17, 15) is 12.8 Å². The van der Waals surface area contributed by atoms with Gasteiger partial charge >= 0.3 is 0 Å². The smallest absolute Gasteiger partial charge is 0.178 e. The molecule has 3 nitrogen and oxygen atoms in total. The quantitative estimate of drug-likeness (QED) is 0.799. The molecule has 1 aromatic carbocycles. The molecular formula is C13H17FO3S. The fourth-order valence-electron chi connectivity index (χ4n) is 1.30. The molecule has 0 aliphatic heterocycles. The van der Waals surface area contributed by atoms with Crippen molar-refractivity contribution in [2.24, 2.45) is 0 Å². The average molecular weight is 272 g/mol. The maximum absolute atomic E-state index is 12.3.